The summed E-state index contributed by atoms with van der Waals surface area (Å²) in [7, 11) is 0. The van der Waals surface area contributed by atoms with Crippen molar-refractivity contribution in [2.45, 2.75) is 44.7 Å². The summed E-state index contributed by atoms with van der Waals surface area (Å²) in [5.74, 6) is 0. The largest absolute Gasteiger partial charge is 0.346 e. The summed E-state index contributed by atoms with van der Waals surface area (Å²) in [6, 6.07) is 6.56. The first kappa shape index (κ1) is 14.2. The van der Waals surface area contributed by atoms with Crippen molar-refractivity contribution < 1.29 is 0 Å². The number of hydrogen-bond donors (Lipinski definition) is 1. The van der Waals surface area contributed by atoms with Gasteiger partial charge in [-0.25, -0.2) is 0 Å². The number of nitrogens with one attached hydrogen (secondary N) is 1. The maximum atomic E-state index is 6.22. The van der Waals surface area contributed by atoms with Crippen molar-refractivity contribution in [2.24, 2.45) is 0 Å². The molecule has 0 bridgehead atoms. The topological polar surface area (TPSA) is 17.0 Å². The lowest BCUT2D eigenvalue weighted by atomic mass is 9.95. The van der Waals surface area contributed by atoms with E-state index >= 15 is 0 Å². The molecule has 2 aromatic rings. The van der Waals surface area contributed by atoms with E-state index in [0.717, 1.165) is 29.0 Å². The fourth-order valence-electron chi connectivity index (χ4n) is 3.11. The van der Waals surface area contributed by atoms with Crippen LogP contribution >= 0.6 is 23.2 Å². The molecule has 1 aromatic heterocycles. The van der Waals surface area contributed by atoms with Gasteiger partial charge in [0.1, 0.15) is 0 Å². The second-order valence-electron chi connectivity index (χ2n) is 5.62. The van der Waals surface area contributed by atoms with Crippen LogP contribution in [0.25, 0.3) is 10.9 Å². The Bertz CT molecular complexity index is 585. The van der Waals surface area contributed by atoms with Gasteiger partial charge >= 0.3 is 0 Å². The normalized spacial score (nSPS) is 16.9. The minimum absolute atomic E-state index is 0.697. The molecular formula is C16H20Cl2N2. The lowest BCUT2D eigenvalue weighted by Gasteiger charge is -2.23. The van der Waals surface area contributed by atoms with Crippen LogP contribution in [0, 0.1) is 0 Å². The first-order valence-corrected chi connectivity index (χ1v) is 8.17. The highest BCUT2D eigenvalue weighted by Gasteiger charge is 2.12. The quantitative estimate of drug-likeness (QED) is 0.852. The molecular weight excluding hydrogens is 291 g/mol. The van der Waals surface area contributed by atoms with Crippen molar-refractivity contribution in [2.75, 3.05) is 6.54 Å². The molecule has 108 valence electrons. The Morgan fingerprint density at radius 2 is 1.95 bits per heavy atom. The van der Waals surface area contributed by atoms with Gasteiger partial charge in [-0.1, -0.05) is 42.5 Å². The highest BCUT2D eigenvalue weighted by atomic mass is 35.5. The first-order valence-electron chi connectivity index (χ1n) is 7.41. The van der Waals surface area contributed by atoms with Crippen LogP contribution in [0.5, 0.6) is 0 Å². The first-order chi connectivity index (χ1) is 9.74. The van der Waals surface area contributed by atoms with Crippen LogP contribution in [0.15, 0.2) is 24.4 Å². The standard InChI is InChI=1S/C16H20Cl2N2/c17-12-10-15(18)14-6-8-20(16(14)11-12)9-7-19-13-4-2-1-3-5-13/h6,8,10-11,13,19H,1-5,7,9H2. The van der Waals surface area contributed by atoms with Crippen LogP contribution in [0.1, 0.15) is 32.1 Å². The minimum atomic E-state index is 0.697. The molecule has 1 N–H and O–H groups in total. The van der Waals surface area contributed by atoms with Crippen LogP contribution in [-0.4, -0.2) is 17.2 Å². The van der Waals surface area contributed by atoms with Gasteiger partial charge in [-0.05, 0) is 31.0 Å². The van der Waals surface area contributed by atoms with Gasteiger partial charge in [-0.2, -0.15) is 0 Å². The molecule has 0 radical (unpaired) electrons. The molecule has 1 aliphatic rings. The molecule has 3 rings (SSSR count). The van der Waals surface area contributed by atoms with Crippen LogP contribution < -0.4 is 5.32 Å². The SMILES string of the molecule is Clc1cc(Cl)c2ccn(CCNC3CCCCC3)c2c1. The van der Waals surface area contributed by atoms with E-state index in [1.54, 1.807) is 6.07 Å². The summed E-state index contributed by atoms with van der Waals surface area (Å²) in [5.41, 5.74) is 1.12. The zero-order valence-electron chi connectivity index (χ0n) is 11.5. The second-order valence-corrected chi connectivity index (χ2v) is 6.46. The van der Waals surface area contributed by atoms with Gasteiger partial charge in [0.25, 0.3) is 0 Å². The van der Waals surface area contributed by atoms with Crippen LogP contribution in [0.4, 0.5) is 0 Å². The number of hydrogen-bond acceptors (Lipinski definition) is 1. The highest BCUT2D eigenvalue weighted by Crippen LogP contribution is 2.28. The smallest absolute Gasteiger partial charge is 0.0514 e. The van der Waals surface area contributed by atoms with Gasteiger partial charge in [0.15, 0.2) is 0 Å². The molecule has 1 saturated carbocycles. The molecule has 1 aromatic carbocycles. The van der Waals surface area contributed by atoms with Crippen molar-refractivity contribution >= 4 is 34.1 Å². The fraction of sp³-hybridized carbons (Fsp3) is 0.500. The Balaban J connectivity index is 1.65. The zero-order chi connectivity index (χ0) is 13.9. The Morgan fingerprint density at radius 1 is 1.15 bits per heavy atom. The molecule has 0 amide bonds. The van der Waals surface area contributed by atoms with E-state index in [1.165, 1.54) is 32.1 Å². The Labute approximate surface area is 130 Å². The third-order valence-corrected chi connectivity index (χ3v) is 4.72. The summed E-state index contributed by atoms with van der Waals surface area (Å²) in [6.07, 6.45) is 8.88. The molecule has 0 spiro atoms. The van der Waals surface area contributed by atoms with Gasteiger partial charge < -0.3 is 9.88 Å². The summed E-state index contributed by atoms with van der Waals surface area (Å²) in [5, 5.41) is 6.17. The molecule has 1 fully saturated rings. The van der Waals surface area contributed by atoms with E-state index in [9.17, 15) is 0 Å². The molecule has 4 heteroatoms. The van der Waals surface area contributed by atoms with Crippen molar-refractivity contribution in [3.05, 3.63) is 34.4 Å². The molecule has 20 heavy (non-hydrogen) atoms. The van der Waals surface area contributed by atoms with E-state index in [2.05, 4.69) is 22.1 Å². The van der Waals surface area contributed by atoms with Crippen molar-refractivity contribution in [1.82, 2.24) is 9.88 Å². The lowest BCUT2D eigenvalue weighted by Crippen LogP contribution is -2.33. The number of fused-ring (bicyclic) bond motifs is 1. The number of aromatic nitrogens is 1. The van der Waals surface area contributed by atoms with Gasteiger partial charge in [0.05, 0.1) is 10.5 Å². The summed E-state index contributed by atoms with van der Waals surface area (Å²) >= 11 is 12.3. The summed E-state index contributed by atoms with van der Waals surface area (Å²) < 4.78 is 2.23. The maximum Gasteiger partial charge on any atom is 0.0514 e. The third-order valence-electron chi connectivity index (χ3n) is 4.19. The van der Waals surface area contributed by atoms with Gasteiger partial charge in [0, 0.05) is 35.7 Å². The minimum Gasteiger partial charge on any atom is -0.346 e. The number of halogens is 2. The zero-order valence-corrected chi connectivity index (χ0v) is 13.1. The van der Waals surface area contributed by atoms with Crippen molar-refractivity contribution in [3.63, 3.8) is 0 Å². The third kappa shape index (κ3) is 3.13. The van der Waals surface area contributed by atoms with Crippen molar-refractivity contribution in [1.29, 1.82) is 0 Å². The Hall–Kier alpha value is -0.700. The number of rotatable bonds is 4. The monoisotopic (exact) mass is 310 g/mol. The Morgan fingerprint density at radius 3 is 2.75 bits per heavy atom. The average molecular weight is 311 g/mol. The van der Waals surface area contributed by atoms with E-state index in [1.807, 2.05) is 6.07 Å². The van der Waals surface area contributed by atoms with E-state index in [0.29, 0.717) is 11.1 Å². The number of benzene rings is 1. The predicted molar refractivity (Wildman–Crippen MR) is 86.8 cm³/mol. The second kappa shape index (κ2) is 6.38. The fourth-order valence-corrected chi connectivity index (χ4v) is 3.66. The molecule has 2 nitrogen and oxygen atoms in total. The van der Waals surface area contributed by atoms with Gasteiger partial charge in [-0.3, -0.25) is 0 Å². The predicted octanol–water partition coefficient (Wildman–Crippen LogP) is 4.87. The molecule has 0 aliphatic heterocycles. The average Bonchev–Trinajstić information content (AvgIpc) is 2.83. The Kier molecular flexibility index (Phi) is 4.54. The van der Waals surface area contributed by atoms with E-state index in [-0.39, 0.29) is 0 Å². The van der Waals surface area contributed by atoms with Crippen LogP contribution in [-0.2, 0) is 6.54 Å². The van der Waals surface area contributed by atoms with E-state index in [4.69, 9.17) is 23.2 Å². The van der Waals surface area contributed by atoms with Gasteiger partial charge in [-0.15, -0.1) is 0 Å². The molecule has 1 aliphatic carbocycles. The molecule has 0 atom stereocenters. The molecule has 1 heterocycles. The highest BCUT2D eigenvalue weighted by molar-refractivity contribution is 6.38. The number of nitrogens with zero attached hydrogens (tertiary/aromatic N) is 1. The van der Waals surface area contributed by atoms with Crippen LogP contribution in [0.2, 0.25) is 10.0 Å². The maximum absolute atomic E-state index is 6.22. The van der Waals surface area contributed by atoms with Crippen LogP contribution in [0.3, 0.4) is 0 Å². The summed E-state index contributed by atoms with van der Waals surface area (Å²) in [6.45, 7) is 1.95. The molecule has 0 saturated heterocycles. The van der Waals surface area contributed by atoms with Gasteiger partial charge in [0.2, 0.25) is 0 Å². The lowest BCUT2D eigenvalue weighted by molar-refractivity contribution is 0.369. The van der Waals surface area contributed by atoms with E-state index < -0.39 is 0 Å². The molecule has 0 unspecified atom stereocenters. The van der Waals surface area contributed by atoms with Crippen molar-refractivity contribution in [3.8, 4) is 0 Å². The summed E-state index contributed by atoms with van der Waals surface area (Å²) in [4.78, 5) is 0.